The molecular weight excluding hydrogens is 244 g/mol. The van der Waals surface area contributed by atoms with Crippen molar-refractivity contribution in [1.29, 1.82) is 0 Å². The van der Waals surface area contributed by atoms with Gasteiger partial charge in [-0.1, -0.05) is 0 Å². The van der Waals surface area contributed by atoms with Gasteiger partial charge in [-0.05, 0) is 37.1 Å². The maximum absolute atomic E-state index is 10.9. The van der Waals surface area contributed by atoms with Crippen LogP contribution >= 0.6 is 0 Å². The molecule has 0 amide bonds. The van der Waals surface area contributed by atoms with Crippen LogP contribution in [0, 0.1) is 13.8 Å². The van der Waals surface area contributed by atoms with Gasteiger partial charge in [-0.2, -0.15) is 0 Å². The van der Waals surface area contributed by atoms with Crippen molar-refractivity contribution < 1.29 is 14.3 Å². The van der Waals surface area contributed by atoms with E-state index >= 15 is 0 Å². The fourth-order valence-electron chi connectivity index (χ4n) is 1.85. The van der Waals surface area contributed by atoms with Gasteiger partial charge >= 0.3 is 5.97 Å². The maximum Gasteiger partial charge on any atom is 0.372 e. The lowest BCUT2D eigenvalue weighted by molar-refractivity contribution is 0.0659. The third-order valence-electron chi connectivity index (χ3n) is 2.93. The summed E-state index contributed by atoms with van der Waals surface area (Å²) in [4.78, 5) is 14.9. The number of carbonyl (C=O) groups is 1. The molecule has 0 radical (unpaired) electrons. The first kappa shape index (κ1) is 13.3. The number of hydrogen-bond acceptors (Lipinski definition) is 4. The SMILES string of the molecule is Cc1ccncc1CNCc1cc(C)c(C(=O)O)o1. The molecule has 0 spiro atoms. The van der Waals surface area contributed by atoms with E-state index in [1.165, 1.54) is 5.56 Å². The minimum absolute atomic E-state index is 0.00867. The summed E-state index contributed by atoms with van der Waals surface area (Å²) in [5, 5.41) is 12.1. The van der Waals surface area contributed by atoms with Gasteiger partial charge in [0.2, 0.25) is 5.76 Å². The lowest BCUT2D eigenvalue weighted by Gasteiger charge is -2.05. The Morgan fingerprint density at radius 1 is 1.37 bits per heavy atom. The lowest BCUT2D eigenvalue weighted by Crippen LogP contribution is -2.13. The van der Waals surface area contributed by atoms with Gasteiger partial charge < -0.3 is 14.8 Å². The molecule has 0 fully saturated rings. The Bertz CT molecular complexity index is 590. The Labute approximate surface area is 111 Å². The van der Waals surface area contributed by atoms with Crippen molar-refractivity contribution in [2.75, 3.05) is 0 Å². The number of aromatic nitrogens is 1. The van der Waals surface area contributed by atoms with Crippen LogP contribution < -0.4 is 5.32 Å². The van der Waals surface area contributed by atoms with E-state index in [2.05, 4.69) is 10.3 Å². The predicted molar refractivity (Wildman–Crippen MR) is 69.9 cm³/mol. The summed E-state index contributed by atoms with van der Waals surface area (Å²) in [5.74, 6) is -0.405. The average Bonchev–Trinajstić information content (AvgIpc) is 2.73. The molecule has 2 heterocycles. The van der Waals surface area contributed by atoms with Crippen LogP contribution in [0.3, 0.4) is 0 Å². The van der Waals surface area contributed by atoms with E-state index in [1.54, 1.807) is 19.2 Å². The summed E-state index contributed by atoms with van der Waals surface area (Å²) in [5.41, 5.74) is 2.93. The molecule has 0 aliphatic heterocycles. The van der Waals surface area contributed by atoms with E-state index in [1.807, 2.05) is 19.2 Å². The van der Waals surface area contributed by atoms with Crippen molar-refractivity contribution in [3.05, 3.63) is 52.7 Å². The lowest BCUT2D eigenvalue weighted by atomic mass is 10.1. The van der Waals surface area contributed by atoms with Crippen molar-refractivity contribution in [1.82, 2.24) is 10.3 Å². The van der Waals surface area contributed by atoms with Crippen molar-refractivity contribution in [2.45, 2.75) is 26.9 Å². The highest BCUT2D eigenvalue weighted by Crippen LogP contribution is 2.14. The van der Waals surface area contributed by atoms with E-state index in [0.29, 0.717) is 24.4 Å². The molecule has 2 aromatic heterocycles. The summed E-state index contributed by atoms with van der Waals surface area (Å²) >= 11 is 0. The zero-order chi connectivity index (χ0) is 13.8. The second-order valence-corrected chi connectivity index (χ2v) is 4.44. The molecule has 19 heavy (non-hydrogen) atoms. The van der Waals surface area contributed by atoms with Gasteiger partial charge in [0.25, 0.3) is 0 Å². The molecule has 0 saturated carbocycles. The van der Waals surface area contributed by atoms with Gasteiger partial charge in [0.1, 0.15) is 5.76 Å². The highest BCUT2D eigenvalue weighted by Gasteiger charge is 2.13. The molecule has 5 heteroatoms. The fourth-order valence-corrected chi connectivity index (χ4v) is 1.85. The topological polar surface area (TPSA) is 75.4 Å². The third kappa shape index (κ3) is 3.20. The number of nitrogens with zero attached hydrogens (tertiary/aromatic N) is 1. The van der Waals surface area contributed by atoms with E-state index in [0.717, 1.165) is 5.56 Å². The first-order valence-electron chi connectivity index (χ1n) is 6.00. The molecule has 5 nitrogen and oxygen atoms in total. The highest BCUT2D eigenvalue weighted by molar-refractivity contribution is 5.86. The summed E-state index contributed by atoms with van der Waals surface area (Å²) < 4.78 is 5.27. The van der Waals surface area contributed by atoms with Gasteiger partial charge in [0.15, 0.2) is 0 Å². The van der Waals surface area contributed by atoms with Crippen LogP contribution in [0.1, 0.15) is 33.0 Å². The van der Waals surface area contributed by atoms with Crippen LogP contribution in [0.4, 0.5) is 0 Å². The maximum atomic E-state index is 10.9. The standard InChI is InChI=1S/C14H16N2O3/c1-9-3-4-15-6-11(9)7-16-8-12-5-10(2)13(19-12)14(17)18/h3-6,16H,7-8H2,1-2H3,(H,17,18). The zero-order valence-corrected chi connectivity index (χ0v) is 10.9. The number of carboxylic acid groups (broad SMARTS) is 1. The van der Waals surface area contributed by atoms with Crippen LogP contribution in [0.5, 0.6) is 0 Å². The number of rotatable bonds is 5. The van der Waals surface area contributed by atoms with E-state index in [4.69, 9.17) is 9.52 Å². The number of aryl methyl sites for hydroxylation is 2. The van der Waals surface area contributed by atoms with Crippen LogP contribution in [-0.2, 0) is 13.1 Å². The van der Waals surface area contributed by atoms with Gasteiger partial charge in [0, 0.05) is 24.5 Å². The summed E-state index contributed by atoms with van der Waals surface area (Å²) in [6.07, 6.45) is 3.58. The number of aromatic carboxylic acids is 1. The molecule has 0 aliphatic carbocycles. The number of carboxylic acids is 1. The second-order valence-electron chi connectivity index (χ2n) is 4.44. The van der Waals surface area contributed by atoms with E-state index < -0.39 is 5.97 Å². The Morgan fingerprint density at radius 2 is 2.16 bits per heavy atom. The van der Waals surface area contributed by atoms with Gasteiger partial charge in [-0.15, -0.1) is 0 Å². The number of furan rings is 1. The molecule has 2 rings (SSSR count). The van der Waals surface area contributed by atoms with Crippen molar-refractivity contribution in [3.8, 4) is 0 Å². The van der Waals surface area contributed by atoms with Crippen molar-refractivity contribution >= 4 is 5.97 Å². The molecule has 2 N–H and O–H groups in total. The number of hydrogen-bond donors (Lipinski definition) is 2. The Balaban J connectivity index is 1.95. The molecule has 0 saturated heterocycles. The minimum atomic E-state index is -1.04. The normalized spacial score (nSPS) is 10.6. The van der Waals surface area contributed by atoms with Crippen LogP contribution in [0.15, 0.2) is 28.9 Å². The van der Waals surface area contributed by atoms with E-state index in [-0.39, 0.29) is 5.76 Å². The summed E-state index contributed by atoms with van der Waals surface area (Å²) in [6, 6.07) is 3.70. The minimum Gasteiger partial charge on any atom is -0.475 e. The zero-order valence-electron chi connectivity index (χ0n) is 10.9. The van der Waals surface area contributed by atoms with Crippen LogP contribution in [0.25, 0.3) is 0 Å². The molecule has 0 aromatic carbocycles. The number of pyridine rings is 1. The Kier molecular flexibility index (Phi) is 3.97. The molecule has 0 atom stereocenters. The molecular formula is C14H16N2O3. The molecule has 0 bridgehead atoms. The highest BCUT2D eigenvalue weighted by atomic mass is 16.4. The Morgan fingerprint density at radius 3 is 2.79 bits per heavy atom. The van der Waals surface area contributed by atoms with Crippen molar-refractivity contribution in [3.63, 3.8) is 0 Å². The fraction of sp³-hybridized carbons (Fsp3) is 0.286. The quantitative estimate of drug-likeness (QED) is 0.862. The molecule has 2 aromatic rings. The average molecular weight is 260 g/mol. The molecule has 100 valence electrons. The van der Waals surface area contributed by atoms with E-state index in [9.17, 15) is 4.79 Å². The van der Waals surface area contributed by atoms with Crippen molar-refractivity contribution in [2.24, 2.45) is 0 Å². The Hall–Kier alpha value is -2.14. The first-order chi connectivity index (χ1) is 9.08. The van der Waals surface area contributed by atoms with Crippen LogP contribution in [0.2, 0.25) is 0 Å². The third-order valence-corrected chi connectivity index (χ3v) is 2.93. The summed E-state index contributed by atoms with van der Waals surface area (Å²) in [7, 11) is 0. The molecule has 0 aliphatic rings. The van der Waals surface area contributed by atoms with Gasteiger partial charge in [-0.3, -0.25) is 4.98 Å². The first-order valence-corrected chi connectivity index (χ1v) is 6.00. The molecule has 0 unspecified atom stereocenters. The monoisotopic (exact) mass is 260 g/mol. The number of nitrogens with one attached hydrogen (secondary N) is 1. The predicted octanol–water partition coefficient (Wildman–Crippen LogP) is 2.28. The van der Waals surface area contributed by atoms with Gasteiger partial charge in [-0.25, -0.2) is 4.79 Å². The van der Waals surface area contributed by atoms with Crippen LogP contribution in [-0.4, -0.2) is 16.1 Å². The van der Waals surface area contributed by atoms with Gasteiger partial charge in [0.05, 0.1) is 6.54 Å². The smallest absolute Gasteiger partial charge is 0.372 e. The summed E-state index contributed by atoms with van der Waals surface area (Å²) in [6.45, 7) is 4.91. The second kappa shape index (κ2) is 5.67. The largest absolute Gasteiger partial charge is 0.475 e.